The van der Waals surface area contributed by atoms with Crippen molar-refractivity contribution >= 4 is 27.4 Å². The molecule has 6 nitrogen and oxygen atoms in total. The van der Waals surface area contributed by atoms with Gasteiger partial charge >= 0.3 is 5.97 Å². The number of hydrogen-bond donors (Lipinski definition) is 1. The van der Waals surface area contributed by atoms with Crippen LogP contribution in [0.3, 0.4) is 0 Å². The minimum absolute atomic E-state index is 0.105. The molecular formula is C32H32ClNO5S. The second-order valence-corrected chi connectivity index (χ2v) is 11.8. The zero-order chi connectivity index (χ0) is 28.5. The Labute approximate surface area is 240 Å². The zero-order valence-electron chi connectivity index (χ0n) is 22.2. The average Bonchev–Trinajstić information content (AvgIpc) is 2.97. The third kappa shape index (κ3) is 7.79. The number of nitrogens with zero attached hydrogens (tertiary/aromatic N) is 1. The number of sulfone groups is 1. The van der Waals surface area contributed by atoms with E-state index in [4.69, 9.17) is 16.3 Å². The number of aliphatic hydroxyl groups is 1. The first-order chi connectivity index (χ1) is 19.3. The van der Waals surface area contributed by atoms with Crippen LogP contribution in [0.25, 0.3) is 0 Å². The van der Waals surface area contributed by atoms with Gasteiger partial charge in [-0.1, -0.05) is 66.2 Å². The van der Waals surface area contributed by atoms with Crippen molar-refractivity contribution in [2.45, 2.75) is 35.8 Å². The van der Waals surface area contributed by atoms with Crippen molar-refractivity contribution < 1.29 is 23.1 Å². The van der Waals surface area contributed by atoms with Crippen molar-refractivity contribution in [1.82, 2.24) is 4.90 Å². The molecule has 1 atom stereocenters. The van der Waals surface area contributed by atoms with Gasteiger partial charge in [0.1, 0.15) is 0 Å². The van der Waals surface area contributed by atoms with Crippen molar-refractivity contribution in [2.24, 2.45) is 0 Å². The average molecular weight is 578 g/mol. The van der Waals surface area contributed by atoms with Crippen LogP contribution >= 0.6 is 11.6 Å². The standard InChI is InChI=1S/C32H32ClNO5S/c1-2-39-32(36)26-14-16-29(17-15-26)40(37,38)30-13-6-10-24(20-30)18-19-34(22-25-8-4-3-5-9-25)23-31(35)27-11-7-12-28(33)21-27/h3-17,20-21,31,35H,2,18-19,22-23H2,1H3. The topological polar surface area (TPSA) is 83.9 Å². The lowest BCUT2D eigenvalue weighted by molar-refractivity contribution is 0.0526. The van der Waals surface area contributed by atoms with Crippen LogP contribution in [0.5, 0.6) is 0 Å². The first-order valence-corrected chi connectivity index (χ1v) is 14.9. The minimum atomic E-state index is -3.78. The van der Waals surface area contributed by atoms with Gasteiger partial charge in [-0.15, -0.1) is 0 Å². The number of halogens is 1. The predicted molar refractivity (Wildman–Crippen MR) is 156 cm³/mol. The molecule has 0 fully saturated rings. The summed E-state index contributed by atoms with van der Waals surface area (Å²) < 4.78 is 31.6. The monoisotopic (exact) mass is 577 g/mol. The summed E-state index contributed by atoms with van der Waals surface area (Å²) in [5, 5.41) is 11.5. The maximum absolute atomic E-state index is 13.3. The van der Waals surface area contributed by atoms with E-state index in [1.165, 1.54) is 24.3 Å². The molecule has 0 aromatic heterocycles. The lowest BCUT2D eigenvalue weighted by Crippen LogP contribution is -2.30. The smallest absolute Gasteiger partial charge is 0.338 e. The molecule has 0 bridgehead atoms. The Balaban J connectivity index is 1.49. The number of carbonyl (C=O) groups is 1. The summed E-state index contributed by atoms with van der Waals surface area (Å²) in [5.74, 6) is -0.492. The second kappa shape index (κ2) is 13.7. The molecule has 8 heteroatoms. The summed E-state index contributed by atoms with van der Waals surface area (Å²) in [6.07, 6.45) is -0.146. The van der Waals surface area contributed by atoms with Gasteiger partial charge in [-0.3, -0.25) is 4.90 Å². The number of esters is 1. The molecule has 0 saturated heterocycles. The van der Waals surface area contributed by atoms with E-state index in [1.807, 2.05) is 48.5 Å². The fraction of sp³-hybridized carbons (Fsp3) is 0.219. The van der Waals surface area contributed by atoms with E-state index in [0.29, 0.717) is 36.6 Å². The summed E-state index contributed by atoms with van der Waals surface area (Å²) in [6.45, 7) is 3.58. The molecule has 0 aliphatic rings. The lowest BCUT2D eigenvalue weighted by atomic mass is 10.1. The predicted octanol–water partition coefficient (Wildman–Crippen LogP) is 6.13. The number of aliphatic hydroxyl groups excluding tert-OH is 1. The third-order valence-corrected chi connectivity index (χ3v) is 8.52. The minimum Gasteiger partial charge on any atom is -0.462 e. The van der Waals surface area contributed by atoms with Crippen LogP contribution in [0.4, 0.5) is 0 Å². The molecule has 4 rings (SSSR count). The molecule has 208 valence electrons. The molecule has 0 aliphatic carbocycles. The highest BCUT2D eigenvalue weighted by Crippen LogP contribution is 2.24. The van der Waals surface area contributed by atoms with Gasteiger partial charge < -0.3 is 9.84 Å². The first kappa shape index (κ1) is 29.5. The summed E-state index contributed by atoms with van der Waals surface area (Å²) >= 11 is 6.13. The van der Waals surface area contributed by atoms with Gasteiger partial charge in [0.2, 0.25) is 9.84 Å². The number of benzene rings is 4. The van der Waals surface area contributed by atoms with Gasteiger partial charge in [0, 0.05) is 24.7 Å². The van der Waals surface area contributed by atoms with Gasteiger partial charge in [-0.05, 0) is 78.6 Å². The lowest BCUT2D eigenvalue weighted by Gasteiger charge is -2.26. The highest BCUT2D eigenvalue weighted by molar-refractivity contribution is 7.91. The first-order valence-electron chi connectivity index (χ1n) is 13.1. The summed E-state index contributed by atoms with van der Waals surface area (Å²) in [5.41, 5.74) is 3.02. The van der Waals surface area contributed by atoms with E-state index in [1.54, 1.807) is 37.3 Å². The number of ether oxygens (including phenoxy) is 1. The van der Waals surface area contributed by atoms with Crippen LogP contribution < -0.4 is 0 Å². The van der Waals surface area contributed by atoms with Gasteiger partial charge in [0.05, 0.1) is 28.1 Å². The molecular weight excluding hydrogens is 546 g/mol. The fourth-order valence-electron chi connectivity index (χ4n) is 4.42. The second-order valence-electron chi connectivity index (χ2n) is 9.44. The summed E-state index contributed by atoms with van der Waals surface area (Å²) in [6, 6.07) is 29.9. The van der Waals surface area contributed by atoms with Crippen molar-refractivity contribution in [3.63, 3.8) is 0 Å². The Bertz CT molecular complexity index is 1520. The highest BCUT2D eigenvalue weighted by atomic mass is 35.5. The van der Waals surface area contributed by atoms with Gasteiger partial charge in [0.15, 0.2) is 0 Å². The molecule has 0 aliphatic heterocycles. The van der Waals surface area contributed by atoms with Crippen LogP contribution in [0.1, 0.15) is 40.1 Å². The number of rotatable bonds is 12. The molecule has 4 aromatic carbocycles. The van der Waals surface area contributed by atoms with E-state index in [0.717, 1.165) is 16.7 Å². The van der Waals surface area contributed by atoms with Gasteiger partial charge in [-0.25, -0.2) is 13.2 Å². The highest BCUT2D eigenvalue weighted by Gasteiger charge is 2.20. The normalized spacial score (nSPS) is 12.3. The maximum atomic E-state index is 13.3. The SMILES string of the molecule is CCOC(=O)c1ccc(S(=O)(=O)c2cccc(CCN(Cc3ccccc3)CC(O)c3cccc(Cl)c3)c2)cc1. The Hall–Kier alpha value is -3.49. The summed E-state index contributed by atoms with van der Waals surface area (Å²) in [7, 11) is -3.78. The maximum Gasteiger partial charge on any atom is 0.338 e. The molecule has 0 spiro atoms. The molecule has 1 unspecified atom stereocenters. The van der Waals surface area contributed by atoms with Crippen molar-refractivity contribution in [2.75, 3.05) is 19.7 Å². The molecule has 4 aromatic rings. The molecule has 1 N–H and O–H groups in total. The van der Waals surface area contributed by atoms with Crippen LogP contribution in [0, 0.1) is 0 Å². The Morgan fingerprint density at radius 1 is 0.875 bits per heavy atom. The van der Waals surface area contributed by atoms with Gasteiger partial charge in [0.25, 0.3) is 0 Å². The van der Waals surface area contributed by atoms with E-state index >= 15 is 0 Å². The van der Waals surface area contributed by atoms with Crippen LogP contribution in [-0.2, 0) is 27.5 Å². The van der Waals surface area contributed by atoms with Crippen LogP contribution in [0.2, 0.25) is 5.02 Å². The van der Waals surface area contributed by atoms with Crippen LogP contribution in [0.15, 0.2) is 113 Å². The number of hydrogen-bond acceptors (Lipinski definition) is 6. The van der Waals surface area contributed by atoms with Crippen molar-refractivity contribution in [3.8, 4) is 0 Å². The molecule has 0 heterocycles. The molecule has 0 amide bonds. The van der Waals surface area contributed by atoms with Crippen LogP contribution in [-0.4, -0.2) is 44.1 Å². The van der Waals surface area contributed by atoms with E-state index in [-0.39, 0.29) is 16.4 Å². The molecule has 0 saturated carbocycles. The molecule has 0 radical (unpaired) electrons. The Morgan fingerprint density at radius 2 is 1.57 bits per heavy atom. The van der Waals surface area contributed by atoms with E-state index in [2.05, 4.69) is 4.90 Å². The zero-order valence-corrected chi connectivity index (χ0v) is 23.8. The quantitative estimate of drug-likeness (QED) is 0.204. The summed E-state index contributed by atoms with van der Waals surface area (Å²) in [4.78, 5) is 14.4. The Kier molecular flexibility index (Phi) is 10.1. The fourth-order valence-corrected chi connectivity index (χ4v) is 5.95. The molecule has 40 heavy (non-hydrogen) atoms. The van der Waals surface area contributed by atoms with E-state index in [9.17, 15) is 18.3 Å². The van der Waals surface area contributed by atoms with E-state index < -0.39 is 21.9 Å². The van der Waals surface area contributed by atoms with Crippen molar-refractivity contribution in [1.29, 1.82) is 0 Å². The third-order valence-electron chi connectivity index (χ3n) is 6.51. The Morgan fingerprint density at radius 3 is 2.27 bits per heavy atom. The van der Waals surface area contributed by atoms with Crippen molar-refractivity contribution in [3.05, 3.63) is 130 Å². The van der Waals surface area contributed by atoms with Gasteiger partial charge in [-0.2, -0.15) is 0 Å². The largest absolute Gasteiger partial charge is 0.462 e. The number of carbonyl (C=O) groups excluding carboxylic acids is 1.